The normalized spacial score (nSPS) is 24.7. The Balaban J connectivity index is 2.25. The third-order valence-corrected chi connectivity index (χ3v) is 2.90. The van der Waals surface area contributed by atoms with Crippen molar-refractivity contribution in [3.8, 4) is 0 Å². The SMILES string of the molecule is COC1=NS(=O)(=O)N=C1N1CCOCC1. The lowest BCUT2D eigenvalue weighted by Gasteiger charge is -2.27. The molecule has 0 aromatic carbocycles. The molecule has 2 rings (SSSR count). The van der Waals surface area contributed by atoms with Gasteiger partial charge in [-0.3, -0.25) is 0 Å². The van der Waals surface area contributed by atoms with Crippen LogP contribution in [0.1, 0.15) is 0 Å². The first kappa shape index (κ1) is 10.4. The second kappa shape index (κ2) is 3.78. The van der Waals surface area contributed by atoms with Gasteiger partial charge in [0.1, 0.15) is 0 Å². The summed E-state index contributed by atoms with van der Waals surface area (Å²) in [6, 6.07) is 0. The lowest BCUT2D eigenvalue weighted by molar-refractivity contribution is 0.0685. The number of rotatable bonds is 0. The first-order chi connectivity index (χ1) is 7.12. The van der Waals surface area contributed by atoms with Gasteiger partial charge in [0, 0.05) is 13.1 Å². The van der Waals surface area contributed by atoms with Crippen LogP contribution < -0.4 is 0 Å². The third-order valence-electron chi connectivity index (χ3n) is 2.10. The van der Waals surface area contributed by atoms with Crippen LogP contribution in [0.5, 0.6) is 0 Å². The summed E-state index contributed by atoms with van der Waals surface area (Å²) >= 11 is 0. The molecule has 2 aliphatic rings. The van der Waals surface area contributed by atoms with E-state index in [-0.39, 0.29) is 11.7 Å². The van der Waals surface area contributed by atoms with Gasteiger partial charge in [0.05, 0.1) is 20.3 Å². The summed E-state index contributed by atoms with van der Waals surface area (Å²) in [5, 5.41) is 0. The Labute approximate surface area is 87.6 Å². The smallest absolute Gasteiger partial charge is 0.368 e. The van der Waals surface area contributed by atoms with E-state index in [9.17, 15) is 8.42 Å². The van der Waals surface area contributed by atoms with Gasteiger partial charge < -0.3 is 14.4 Å². The molecule has 0 saturated carbocycles. The van der Waals surface area contributed by atoms with Gasteiger partial charge >= 0.3 is 10.2 Å². The number of nitrogens with zero attached hydrogens (tertiary/aromatic N) is 3. The highest BCUT2D eigenvalue weighted by Gasteiger charge is 2.30. The minimum Gasteiger partial charge on any atom is -0.478 e. The Morgan fingerprint density at radius 3 is 2.60 bits per heavy atom. The Morgan fingerprint density at radius 2 is 2.00 bits per heavy atom. The molecule has 0 bridgehead atoms. The lowest BCUT2D eigenvalue weighted by atomic mass is 10.4. The van der Waals surface area contributed by atoms with E-state index in [1.807, 2.05) is 0 Å². The van der Waals surface area contributed by atoms with Gasteiger partial charge in [-0.2, -0.15) is 8.42 Å². The van der Waals surface area contributed by atoms with Gasteiger partial charge in [-0.1, -0.05) is 0 Å². The molecule has 2 aliphatic heterocycles. The fourth-order valence-corrected chi connectivity index (χ4v) is 2.23. The van der Waals surface area contributed by atoms with Crippen LogP contribution in [0.2, 0.25) is 0 Å². The van der Waals surface area contributed by atoms with E-state index in [0.717, 1.165) is 0 Å². The monoisotopic (exact) mass is 233 g/mol. The van der Waals surface area contributed by atoms with E-state index in [2.05, 4.69) is 8.80 Å². The molecule has 84 valence electrons. The van der Waals surface area contributed by atoms with Crippen LogP contribution in [0, 0.1) is 0 Å². The van der Waals surface area contributed by atoms with Gasteiger partial charge in [-0.25, -0.2) is 0 Å². The summed E-state index contributed by atoms with van der Waals surface area (Å²) in [4.78, 5) is 1.79. The van der Waals surface area contributed by atoms with Crippen molar-refractivity contribution in [1.82, 2.24) is 4.90 Å². The molecule has 0 amide bonds. The maximum Gasteiger partial charge on any atom is 0.368 e. The third kappa shape index (κ3) is 2.10. The van der Waals surface area contributed by atoms with Crippen molar-refractivity contribution < 1.29 is 17.9 Å². The van der Waals surface area contributed by atoms with Crippen molar-refractivity contribution in [2.45, 2.75) is 0 Å². The van der Waals surface area contributed by atoms with Crippen LogP contribution >= 0.6 is 0 Å². The molecule has 0 unspecified atom stereocenters. The first-order valence-electron chi connectivity index (χ1n) is 4.44. The fourth-order valence-electron chi connectivity index (χ4n) is 1.41. The zero-order valence-electron chi connectivity index (χ0n) is 8.21. The van der Waals surface area contributed by atoms with Crippen LogP contribution in [-0.2, 0) is 19.7 Å². The predicted octanol–water partition coefficient (Wildman–Crippen LogP) is -0.980. The number of methoxy groups -OCH3 is 1. The Kier molecular flexibility index (Phi) is 2.61. The second-order valence-corrected chi connectivity index (χ2v) is 4.32. The second-order valence-electron chi connectivity index (χ2n) is 3.06. The van der Waals surface area contributed by atoms with Crippen molar-refractivity contribution >= 4 is 21.9 Å². The lowest BCUT2D eigenvalue weighted by Crippen LogP contribution is -2.43. The maximum absolute atomic E-state index is 11.1. The molecule has 15 heavy (non-hydrogen) atoms. The predicted molar refractivity (Wildman–Crippen MR) is 53.2 cm³/mol. The van der Waals surface area contributed by atoms with Gasteiger partial charge in [0.2, 0.25) is 5.84 Å². The van der Waals surface area contributed by atoms with E-state index in [0.29, 0.717) is 26.3 Å². The minimum absolute atomic E-state index is 0.0527. The summed E-state index contributed by atoms with van der Waals surface area (Å²) in [7, 11) is -2.37. The van der Waals surface area contributed by atoms with Crippen molar-refractivity contribution in [2.75, 3.05) is 33.4 Å². The zero-order chi connectivity index (χ0) is 10.9. The Morgan fingerprint density at radius 1 is 1.33 bits per heavy atom. The van der Waals surface area contributed by atoms with Crippen LogP contribution in [0.4, 0.5) is 0 Å². The van der Waals surface area contributed by atoms with E-state index in [1.54, 1.807) is 4.90 Å². The fraction of sp³-hybridized carbons (Fsp3) is 0.714. The zero-order valence-corrected chi connectivity index (χ0v) is 9.03. The summed E-state index contributed by atoms with van der Waals surface area (Å²) in [5.74, 6) is 0.331. The van der Waals surface area contributed by atoms with Crippen LogP contribution in [0.3, 0.4) is 0 Å². The van der Waals surface area contributed by atoms with Crippen LogP contribution in [-0.4, -0.2) is 58.5 Å². The standard InChI is InChI=1S/C7H11N3O4S/c1-13-7-6(8-15(11,12)9-7)10-2-4-14-5-3-10/h2-5H2,1H3. The topological polar surface area (TPSA) is 80.6 Å². The van der Waals surface area contributed by atoms with Crippen molar-refractivity contribution in [3.63, 3.8) is 0 Å². The molecule has 0 aliphatic carbocycles. The molecule has 0 spiro atoms. The van der Waals surface area contributed by atoms with Crippen LogP contribution in [0.15, 0.2) is 8.80 Å². The molecule has 1 saturated heterocycles. The molecule has 0 aromatic rings. The Hall–Kier alpha value is -1.15. The quantitative estimate of drug-likeness (QED) is 0.537. The maximum atomic E-state index is 11.1. The van der Waals surface area contributed by atoms with E-state index >= 15 is 0 Å². The highest BCUT2D eigenvalue weighted by Crippen LogP contribution is 2.12. The molecule has 0 N–H and O–H groups in total. The van der Waals surface area contributed by atoms with Gasteiger partial charge in [0.15, 0.2) is 0 Å². The van der Waals surface area contributed by atoms with E-state index < -0.39 is 10.2 Å². The molecule has 0 atom stereocenters. The molecule has 2 heterocycles. The van der Waals surface area contributed by atoms with Crippen LogP contribution in [0.25, 0.3) is 0 Å². The summed E-state index contributed by atoms with van der Waals surface area (Å²) < 4.78 is 39.2. The molecular formula is C7H11N3O4S. The van der Waals surface area contributed by atoms with Crippen molar-refractivity contribution in [2.24, 2.45) is 8.80 Å². The van der Waals surface area contributed by atoms with Gasteiger partial charge in [-0.05, 0) is 0 Å². The highest BCUT2D eigenvalue weighted by atomic mass is 32.2. The minimum atomic E-state index is -3.74. The van der Waals surface area contributed by atoms with Gasteiger partial charge in [-0.15, -0.1) is 8.80 Å². The Bertz CT molecular complexity index is 408. The molecular weight excluding hydrogens is 222 g/mol. The van der Waals surface area contributed by atoms with Crippen molar-refractivity contribution in [3.05, 3.63) is 0 Å². The molecule has 8 heteroatoms. The van der Waals surface area contributed by atoms with Gasteiger partial charge in [0.25, 0.3) is 5.90 Å². The number of ether oxygens (including phenoxy) is 2. The number of amidine groups is 1. The first-order valence-corrected chi connectivity index (χ1v) is 5.84. The molecule has 7 nitrogen and oxygen atoms in total. The van der Waals surface area contributed by atoms with Crippen molar-refractivity contribution in [1.29, 1.82) is 0 Å². The number of hydrogen-bond acceptors (Lipinski definition) is 5. The van der Waals surface area contributed by atoms with E-state index in [4.69, 9.17) is 9.47 Å². The largest absolute Gasteiger partial charge is 0.478 e. The number of morpholine rings is 1. The highest BCUT2D eigenvalue weighted by molar-refractivity contribution is 7.89. The summed E-state index contributed by atoms with van der Waals surface area (Å²) in [6.07, 6.45) is 0. The average molecular weight is 233 g/mol. The number of hydrogen-bond donors (Lipinski definition) is 0. The van der Waals surface area contributed by atoms with E-state index in [1.165, 1.54) is 7.11 Å². The summed E-state index contributed by atoms with van der Waals surface area (Å²) in [6.45, 7) is 2.29. The average Bonchev–Trinajstić information content (AvgIpc) is 2.55. The molecule has 1 fully saturated rings. The summed E-state index contributed by atoms with van der Waals surface area (Å²) in [5.41, 5.74) is 0. The molecule has 0 aromatic heterocycles. The molecule has 0 radical (unpaired) electrons.